The van der Waals surface area contributed by atoms with Gasteiger partial charge in [0, 0.05) is 12.6 Å². The first-order chi connectivity index (χ1) is 14.9. The number of hydrogen-bond donors (Lipinski definition) is 1. The second-order valence-corrected chi connectivity index (χ2v) is 10.2. The van der Waals surface area contributed by atoms with Crippen molar-refractivity contribution in [3.8, 4) is 5.75 Å². The maximum atomic E-state index is 13.2. The maximum Gasteiger partial charge on any atom is 0.264 e. The third kappa shape index (κ3) is 4.87. The first-order valence-corrected chi connectivity index (χ1v) is 12.6. The number of sulfonamides is 1. The monoisotopic (exact) mass is 442 g/mol. The summed E-state index contributed by atoms with van der Waals surface area (Å²) in [5.74, 6) is 0.345. The summed E-state index contributed by atoms with van der Waals surface area (Å²) in [6.07, 6.45) is 6.61. The molecule has 1 amide bonds. The number of nitrogens with zero attached hydrogens (tertiary/aromatic N) is 1. The fourth-order valence-electron chi connectivity index (χ4n) is 4.39. The molecule has 4 rings (SSSR count). The lowest BCUT2D eigenvalue weighted by Gasteiger charge is -2.30. The van der Waals surface area contributed by atoms with E-state index in [1.54, 1.807) is 31.2 Å². The number of benzene rings is 2. The van der Waals surface area contributed by atoms with Gasteiger partial charge in [0.15, 0.2) is 6.10 Å². The highest BCUT2D eigenvalue weighted by molar-refractivity contribution is 7.92. The molecule has 1 aliphatic carbocycles. The number of rotatable bonds is 6. The van der Waals surface area contributed by atoms with E-state index in [4.69, 9.17) is 4.74 Å². The van der Waals surface area contributed by atoms with Crippen LogP contribution in [0.3, 0.4) is 0 Å². The molecule has 2 aromatic carbocycles. The van der Waals surface area contributed by atoms with Crippen LogP contribution >= 0.6 is 0 Å². The van der Waals surface area contributed by atoms with Gasteiger partial charge in [0.25, 0.3) is 15.9 Å². The maximum absolute atomic E-state index is 13.2. The highest BCUT2D eigenvalue weighted by Gasteiger charge is 2.29. The number of para-hydroxylation sites is 1. The average molecular weight is 443 g/mol. The molecule has 0 aromatic heterocycles. The molecule has 0 radical (unpaired) electrons. The van der Waals surface area contributed by atoms with Crippen molar-refractivity contribution in [2.45, 2.75) is 68.9 Å². The van der Waals surface area contributed by atoms with Crippen molar-refractivity contribution < 1.29 is 17.9 Å². The van der Waals surface area contributed by atoms with Gasteiger partial charge in [0.1, 0.15) is 5.75 Å². The van der Waals surface area contributed by atoms with Crippen LogP contribution in [0.25, 0.3) is 0 Å². The molecule has 1 fully saturated rings. The van der Waals surface area contributed by atoms with E-state index in [-0.39, 0.29) is 16.8 Å². The van der Waals surface area contributed by atoms with Crippen molar-refractivity contribution in [2.75, 3.05) is 10.8 Å². The summed E-state index contributed by atoms with van der Waals surface area (Å²) in [6.45, 7) is 2.18. The Balaban J connectivity index is 1.42. The van der Waals surface area contributed by atoms with Crippen molar-refractivity contribution in [1.29, 1.82) is 0 Å². The van der Waals surface area contributed by atoms with E-state index < -0.39 is 16.1 Å². The predicted molar refractivity (Wildman–Crippen MR) is 121 cm³/mol. The minimum atomic E-state index is -3.66. The molecule has 1 aliphatic heterocycles. The largest absolute Gasteiger partial charge is 0.481 e. The van der Waals surface area contributed by atoms with Gasteiger partial charge < -0.3 is 10.1 Å². The zero-order valence-electron chi connectivity index (χ0n) is 17.9. The molecule has 0 unspecified atom stereocenters. The summed E-state index contributed by atoms with van der Waals surface area (Å²) in [4.78, 5) is 12.6. The zero-order chi connectivity index (χ0) is 21.8. The number of amides is 1. The van der Waals surface area contributed by atoms with Crippen molar-refractivity contribution in [3.63, 3.8) is 0 Å². The van der Waals surface area contributed by atoms with E-state index in [9.17, 15) is 13.2 Å². The lowest BCUT2D eigenvalue weighted by Crippen LogP contribution is -2.43. The Hall–Kier alpha value is -2.54. The molecule has 31 heavy (non-hydrogen) atoms. The second-order valence-electron chi connectivity index (χ2n) is 8.38. The molecule has 7 heteroatoms. The standard InChI is InChI=1S/C24H30N2O4S/c1-18(24(27)25-20-10-3-2-4-11-20)30-21-13-15-22(16-14-21)31(28,29)26-17-7-9-19-8-5-6-12-23(19)26/h5-6,8,12-16,18,20H,2-4,7,9-11,17H2,1H3,(H,25,27)/t18-/m1/s1. The highest BCUT2D eigenvalue weighted by Crippen LogP contribution is 2.32. The first kappa shape index (κ1) is 21.7. The summed E-state index contributed by atoms with van der Waals surface area (Å²) in [5.41, 5.74) is 1.80. The fraction of sp³-hybridized carbons (Fsp3) is 0.458. The summed E-state index contributed by atoms with van der Waals surface area (Å²) < 4.78 is 33.7. The van der Waals surface area contributed by atoms with E-state index in [2.05, 4.69) is 5.32 Å². The summed E-state index contributed by atoms with van der Waals surface area (Å²) in [5, 5.41) is 3.06. The van der Waals surface area contributed by atoms with Crippen molar-refractivity contribution in [1.82, 2.24) is 5.32 Å². The Morgan fingerprint density at radius 3 is 2.48 bits per heavy atom. The van der Waals surface area contributed by atoms with Gasteiger partial charge in [-0.25, -0.2) is 8.42 Å². The van der Waals surface area contributed by atoms with Gasteiger partial charge in [0.05, 0.1) is 10.6 Å². The SMILES string of the molecule is C[C@@H](Oc1ccc(S(=O)(=O)N2CCCc3ccccc32)cc1)C(=O)NC1CCCCC1. The van der Waals surface area contributed by atoms with Crippen LogP contribution < -0.4 is 14.4 Å². The van der Waals surface area contributed by atoms with Crippen LogP contribution in [0, 0.1) is 0 Å². The molecule has 0 bridgehead atoms. The number of nitrogens with one attached hydrogen (secondary N) is 1. The van der Waals surface area contributed by atoms with Gasteiger partial charge in [-0.2, -0.15) is 0 Å². The minimum absolute atomic E-state index is 0.131. The van der Waals surface area contributed by atoms with Gasteiger partial charge in [0.2, 0.25) is 0 Å². The van der Waals surface area contributed by atoms with Crippen LogP contribution in [0.5, 0.6) is 5.75 Å². The molecule has 0 saturated heterocycles. The number of anilines is 1. The van der Waals surface area contributed by atoms with Gasteiger partial charge in [-0.3, -0.25) is 9.10 Å². The van der Waals surface area contributed by atoms with Crippen molar-refractivity contribution in [2.24, 2.45) is 0 Å². The summed E-state index contributed by atoms with van der Waals surface area (Å²) in [6, 6.07) is 14.2. The average Bonchev–Trinajstić information content (AvgIpc) is 2.79. The molecular weight excluding hydrogens is 412 g/mol. The van der Waals surface area contributed by atoms with E-state index in [1.165, 1.54) is 10.7 Å². The normalized spacial score (nSPS) is 18.2. The van der Waals surface area contributed by atoms with Gasteiger partial charge >= 0.3 is 0 Å². The van der Waals surface area contributed by atoms with E-state index in [1.807, 2.05) is 24.3 Å². The highest BCUT2D eigenvalue weighted by atomic mass is 32.2. The molecule has 166 valence electrons. The van der Waals surface area contributed by atoms with Gasteiger partial charge in [-0.1, -0.05) is 37.5 Å². The number of aryl methyl sites for hydroxylation is 1. The molecule has 2 aromatic rings. The van der Waals surface area contributed by atoms with Crippen LogP contribution in [0.2, 0.25) is 0 Å². The van der Waals surface area contributed by atoms with Crippen LogP contribution in [0.4, 0.5) is 5.69 Å². The molecule has 1 saturated carbocycles. The lowest BCUT2D eigenvalue weighted by molar-refractivity contribution is -0.128. The van der Waals surface area contributed by atoms with Crippen molar-refractivity contribution in [3.05, 3.63) is 54.1 Å². The minimum Gasteiger partial charge on any atom is -0.481 e. The lowest BCUT2D eigenvalue weighted by atomic mass is 9.95. The second kappa shape index (κ2) is 9.30. The Bertz CT molecular complexity index is 1010. The zero-order valence-corrected chi connectivity index (χ0v) is 18.7. The number of fused-ring (bicyclic) bond motifs is 1. The first-order valence-electron chi connectivity index (χ1n) is 11.1. The molecule has 2 aliphatic rings. The van der Waals surface area contributed by atoms with Crippen LogP contribution in [-0.2, 0) is 21.2 Å². The van der Waals surface area contributed by atoms with Crippen LogP contribution in [0.1, 0.15) is 51.0 Å². The Labute approximate surface area is 184 Å². The smallest absolute Gasteiger partial charge is 0.264 e. The Kier molecular flexibility index (Phi) is 6.51. The number of carbonyl (C=O) groups excluding carboxylic acids is 1. The van der Waals surface area contributed by atoms with Crippen molar-refractivity contribution >= 4 is 21.6 Å². The predicted octanol–water partition coefficient (Wildman–Crippen LogP) is 4.04. The quantitative estimate of drug-likeness (QED) is 0.732. The molecule has 1 heterocycles. The van der Waals surface area contributed by atoms with Crippen LogP contribution in [-0.4, -0.2) is 33.0 Å². The Morgan fingerprint density at radius 1 is 1.03 bits per heavy atom. The number of hydrogen-bond acceptors (Lipinski definition) is 4. The number of carbonyl (C=O) groups is 1. The van der Waals surface area contributed by atoms with E-state index >= 15 is 0 Å². The van der Waals surface area contributed by atoms with E-state index in [0.29, 0.717) is 12.3 Å². The van der Waals surface area contributed by atoms with Crippen LogP contribution in [0.15, 0.2) is 53.4 Å². The summed E-state index contributed by atoms with van der Waals surface area (Å²) >= 11 is 0. The molecule has 6 nitrogen and oxygen atoms in total. The molecule has 1 atom stereocenters. The summed E-state index contributed by atoms with van der Waals surface area (Å²) in [7, 11) is -3.66. The van der Waals surface area contributed by atoms with Gasteiger partial charge in [-0.05, 0) is 68.5 Å². The third-order valence-electron chi connectivity index (χ3n) is 6.11. The molecular formula is C24H30N2O4S. The number of ether oxygens (including phenoxy) is 1. The fourth-order valence-corrected chi connectivity index (χ4v) is 5.93. The third-order valence-corrected chi connectivity index (χ3v) is 7.94. The Morgan fingerprint density at radius 2 is 1.74 bits per heavy atom. The molecule has 0 spiro atoms. The van der Waals surface area contributed by atoms with E-state index in [0.717, 1.165) is 49.8 Å². The molecule has 1 N–H and O–H groups in total. The van der Waals surface area contributed by atoms with Gasteiger partial charge in [-0.15, -0.1) is 0 Å². The topological polar surface area (TPSA) is 75.7 Å².